The van der Waals surface area contributed by atoms with E-state index in [-0.39, 0.29) is 23.6 Å². The average molecular weight is 326 g/mol. The molecular formula is C17H14N2O5. The molecule has 24 heavy (non-hydrogen) atoms. The summed E-state index contributed by atoms with van der Waals surface area (Å²) in [6, 6.07) is 11.4. The van der Waals surface area contributed by atoms with Crippen LogP contribution in [0.1, 0.15) is 17.3 Å². The Labute approximate surface area is 136 Å². The van der Waals surface area contributed by atoms with Crippen LogP contribution in [0.15, 0.2) is 62.7 Å². The van der Waals surface area contributed by atoms with E-state index in [2.05, 4.69) is 4.98 Å². The molecule has 0 fully saturated rings. The lowest BCUT2D eigenvalue weighted by molar-refractivity contribution is 0.0524. The van der Waals surface area contributed by atoms with Gasteiger partial charge in [-0.25, -0.2) is 14.2 Å². The molecule has 0 spiro atoms. The number of nitrogens with zero attached hydrogens (tertiary/aromatic N) is 1. The van der Waals surface area contributed by atoms with Crippen molar-refractivity contribution in [3.8, 4) is 17.1 Å². The van der Waals surface area contributed by atoms with Crippen LogP contribution in [0.5, 0.6) is 0 Å². The van der Waals surface area contributed by atoms with Crippen LogP contribution in [0.25, 0.3) is 17.1 Å². The molecule has 3 rings (SSSR count). The largest absolute Gasteiger partial charge is 0.463 e. The standard InChI is InChI=1S/C17H14N2O5/c1-2-23-16(21)13-14(12-9-6-10-24-12)18-17(22)19(15(13)20)11-7-4-3-5-8-11/h3-10H,2H2,1H3,(H,18,22). The van der Waals surface area contributed by atoms with E-state index in [1.165, 1.54) is 6.26 Å². The minimum absolute atomic E-state index is 0.000584. The first-order valence-corrected chi connectivity index (χ1v) is 7.29. The van der Waals surface area contributed by atoms with Crippen LogP contribution in [-0.4, -0.2) is 22.1 Å². The van der Waals surface area contributed by atoms with Gasteiger partial charge in [0.05, 0.1) is 18.6 Å². The van der Waals surface area contributed by atoms with Gasteiger partial charge < -0.3 is 14.1 Å². The highest BCUT2D eigenvalue weighted by atomic mass is 16.5. The summed E-state index contributed by atoms with van der Waals surface area (Å²) in [5.74, 6) is -0.623. The number of ether oxygens (including phenoxy) is 1. The van der Waals surface area contributed by atoms with Gasteiger partial charge in [-0.3, -0.25) is 4.79 Å². The van der Waals surface area contributed by atoms with Crippen LogP contribution in [0.3, 0.4) is 0 Å². The Morgan fingerprint density at radius 2 is 1.92 bits per heavy atom. The second-order valence-corrected chi connectivity index (χ2v) is 4.85. The van der Waals surface area contributed by atoms with E-state index >= 15 is 0 Å². The molecule has 1 aromatic carbocycles. The van der Waals surface area contributed by atoms with Crippen molar-refractivity contribution in [2.24, 2.45) is 0 Å². The Bertz CT molecular complexity index is 968. The van der Waals surface area contributed by atoms with Gasteiger partial charge in [-0.1, -0.05) is 18.2 Å². The van der Waals surface area contributed by atoms with Crippen molar-refractivity contribution in [1.82, 2.24) is 9.55 Å². The van der Waals surface area contributed by atoms with E-state index in [0.29, 0.717) is 5.69 Å². The molecule has 0 aliphatic heterocycles. The Morgan fingerprint density at radius 3 is 2.54 bits per heavy atom. The molecule has 0 radical (unpaired) electrons. The summed E-state index contributed by atoms with van der Waals surface area (Å²) in [6.45, 7) is 1.73. The predicted molar refractivity (Wildman–Crippen MR) is 86.3 cm³/mol. The number of aromatic nitrogens is 2. The first kappa shape index (κ1) is 15.5. The van der Waals surface area contributed by atoms with Crippen molar-refractivity contribution >= 4 is 5.97 Å². The Hall–Kier alpha value is -3.35. The Morgan fingerprint density at radius 1 is 1.17 bits per heavy atom. The van der Waals surface area contributed by atoms with E-state index in [9.17, 15) is 14.4 Å². The zero-order valence-corrected chi connectivity index (χ0v) is 12.8. The molecule has 1 N–H and O–H groups in total. The lowest BCUT2D eigenvalue weighted by atomic mass is 10.2. The molecule has 122 valence electrons. The highest BCUT2D eigenvalue weighted by molar-refractivity contribution is 5.95. The molecule has 0 bridgehead atoms. The molecule has 2 heterocycles. The van der Waals surface area contributed by atoms with Crippen LogP contribution in [0, 0.1) is 0 Å². The van der Waals surface area contributed by atoms with Gasteiger partial charge in [-0.05, 0) is 31.2 Å². The van der Waals surface area contributed by atoms with Crippen LogP contribution < -0.4 is 11.2 Å². The number of furan rings is 1. The SMILES string of the molecule is CCOC(=O)c1c(-c2ccco2)[nH]c(=O)n(-c2ccccc2)c1=O. The molecule has 2 aromatic heterocycles. The number of esters is 1. The van der Waals surface area contributed by atoms with E-state index < -0.39 is 17.2 Å². The number of nitrogens with one attached hydrogen (secondary N) is 1. The summed E-state index contributed by atoms with van der Waals surface area (Å²) in [7, 11) is 0. The molecule has 0 amide bonds. The predicted octanol–water partition coefficient (Wildman–Crippen LogP) is 1.96. The van der Waals surface area contributed by atoms with Crippen molar-refractivity contribution in [2.45, 2.75) is 6.92 Å². The van der Waals surface area contributed by atoms with Crippen LogP contribution in [0.4, 0.5) is 0 Å². The van der Waals surface area contributed by atoms with Gasteiger partial charge in [-0.2, -0.15) is 0 Å². The molecule has 3 aromatic rings. The second kappa shape index (κ2) is 6.41. The number of para-hydroxylation sites is 1. The molecule has 0 unspecified atom stereocenters. The number of carbonyl (C=O) groups excluding carboxylic acids is 1. The van der Waals surface area contributed by atoms with Gasteiger partial charge in [0.2, 0.25) is 0 Å². The molecule has 7 nitrogen and oxygen atoms in total. The van der Waals surface area contributed by atoms with Crippen LogP contribution >= 0.6 is 0 Å². The smallest absolute Gasteiger partial charge is 0.346 e. The van der Waals surface area contributed by atoms with Crippen molar-refractivity contribution in [3.63, 3.8) is 0 Å². The number of H-pyrrole nitrogens is 1. The van der Waals surface area contributed by atoms with Gasteiger partial charge in [-0.15, -0.1) is 0 Å². The number of aromatic amines is 1. The highest BCUT2D eigenvalue weighted by Crippen LogP contribution is 2.19. The zero-order chi connectivity index (χ0) is 17.1. The normalized spacial score (nSPS) is 10.5. The fraction of sp³-hybridized carbons (Fsp3) is 0.118. The summed E-state index contributed by atoms with van der Waals surface area (Å²) in [5.41, 5.74) is -1.38. The Balaban J connectivity index is 2.33. The van der Waals surface area contributed by atoms with Crippen molar-refractivity contribution in [2.75, 3.05) is 6.61 Å². The third-order valence-corrected chi connectivity index (χ3v) is 3.36. The first-order chi connectivity index (χ1) is 11.6. The monoisotopic (exact) mass is 326 g/mol. The maximum absolute atomic E-state index is 12.8. The molecule has 0 atom stereocenters. The summed E-state index contributed by atoms with van der Waals surface area (Å²) in [4.78, 5) is 40.0. The number of hydrogen-bond donors (Lipinski definition) is 1. The van der Waals surface area contributed by atoms with Crippen LogP contribution in [-0.2, 0) is 4.74 Å². The molecular weight excluding hydrogens is 312 g/mol. The van der Waals surface area contributed by atoms with Gasteiger partial charge in [0.15, 0.2) is 11.3 Å². The van der Waals surface area contributed by atoms with Gasteiger partial charge >= 0.3 is 11.7 Å². The van der Waals surface area contributed by atoms with E-state index in [1.54, 1.807) is 49.4 Å². The lowest BCUT2D eigenvalue weighted by Crippen LogP contribution is -2.38. The maximum Gasteiger partial charge on any atom is 0.346 e. The molecule has 0 aliphatic rings. The van der Waals surface area contributed by atoms with Crippen molar-refractivity contribution in [3.05, 3.63) is 75.1 Å². The quantitative estimate of drug-likeness (QED) is 0.740. The summed E-state index contributed by atoms with van der Waals surface area (Å²) in [6.07, 6.45) is 1.38. The molecule has 0 saturated heterocycles. The average Bonchev–Trinajstić information content (AvgIpc) is 3.10. The zero-order valence-electron chi connectivity index (χ0n) is 12.8. The highest BCUT2D eigenvalue weighted by Gasteiger charge is 2.24. The fourth-order valence-corrected chi connectivity index (χ4v) is 2.35. The minimum atomic E-state index is -0.824. The lowest BCUT2D eigenvalue weighted by Gasteiger charge is -2.10. The number of hydrogen-bond acceptors (Lipinski definition) is 5. The second-order valence-electron chi connectivity index (χ2n) is 4.85. The topological polar surface area (TPSA) is 94.3 Å². The van der Waals surface area contributed by atoms with Crippen molar-refractivity contribution in [1.29, 1.82) is 0 Å². The van der Waals surface area contributed by atoms with E-state index in [4.69, 9.17) is 9.15 Å². The molecule has 0 aliphatic carbocycles. The summed E-state index contributed by atoms with van der Waals surface area (Å²) >= 11 is 0. The third-order valence-electron chi connectivity index (χ3n) is 3.36. The molecule has 7 heteroatoms. The number of rotatable bonds is 4. The Kier molecular flexibility index (Phi) is 4.15. The van der Waals surface area contributed by atoms with Gasteiger partial charge in [0.25, 0.3) is 5.56 Å². The van der Waals surface area contributed by atoms with E-state index in [0.717, 1.165) is 4.57 Å². The van der Waals surface area contributed by atoms with Gasteiger partial charge in [0, 0.05) is 0 Å². The fourth-order valence-electron chi connectivity index (χ4n) is 2.35. The first-order valence-electron chi connectivity index (χ1n) is 7.29. The number of carbonyl (C=O) groups is 1. The summed E-state index contributed by atoms with van der Waals surface area (Å²) in [5, 5.41) is 0. The van der Waals surface area contributed by atoms with E-state index in [1.807, 2.05) is 0 Å². The van der Waals surface area contributed by atoms with Gasteiger partial charge in [0.1, 0.15) is 5.69 Å². The number of benzene rings is 1. The van der Waals surface area contributed by atoms with Crippen LogP contribution in [0.2, 0.25) is 0 Å². The third kappa shape index (κ3) is 2.67. The maximum atomic E-state index is 12.8. The van der Waals surface area contributed by atoms with Crippen molar-refractivity contribution < 1.29 is 13.9 Å². The summed E-state index contributed by atoms with van der Waals surface area (Å²) < 4.78 is 11.1. The minimum Gasteiger partial charge on any atom is -0.463 e. The molecule has 0 saturated carbocycles.